The SMILES string of the molecule is Cc1ccc([C@](C)(O)CCCO)o1. The summed E-state index contributed by atoms with van der Waals surface area (Å²) in [6.07, 6.45) is 1.09. The Bertz CT molecular complexity index is 263. The van der Waals surface area contributed by atoms with Crippen molar-refractivity contribution >= 4 is 0 Å². The number of hydrogen-bond donors (Lipinski definition) is 2. The fourth-order valence-electron chi connectivity index (χ4n) is 1.27. The van der Waals surface area contributed by atoms with Gasteiger partial charge in [-0.05, 0) is 38.8 Å². The van der Waals surface area contributed by atoms with Crippen LogP contribution in [0.3, 0.4) is 0 Å². The van der Waals surface area contributed by atoms with E-state index >= 15 is 0 Å². The van der Waals surface area contributed by atoms with Gasteiger partial charge in [0.1, 0.15) is 17.1 Å². The van der Waals surface area contributed by atoms with Gasteiger partial charge in [-0.25, -0.2) is 0 Å². The maximum absolute atomic E-state index is 9.93. The molecule has 0 unspecified atom stereocenters. The number of aryl methyl sites for hydroxylation is 1. The molecule has 0 aromatic carbocycles. The molecule has 1 aromatic heterocycles. The van der Waals surface area contributed by atoms with Crippen molar-refractivity contribution in [3.05, 3.63) is 23.7 Å². The van der Waals surface area contributed by atoms with Crippen LogP contribution in [0, 0.1) is 6.92 Å². The van der Waals surface area contributed by atoms with E-state index in [1.165, 1.54) is 0 Å². The summed E-state index contributed by atoms with van der Waals surface area (Å²) in [6, 6.07) is 3.59. The van der Waals surface area contributed by atoms with E-state index in [4.69, 9.17) is 9.52 Å². The van der Waals surface area contributed by atoms with Crippen molar-refractivity contribution in [3.63, 3.8) is 0 Å². The molecule has 0 bridgehead atoms. The van der Waals surface area contributed by atoms with Gasteiger partial charge >= 0.3 is 0 Å². The Morgan fingerprint density at radius 1 is 1.46 bits per heavy atom. The van der Waals surface area contributed by atoms with Crippen molar-refractivity contribution < 1.29 is 14.6 Å². The second-order valence-corrected chi connectivity index (χ2v) is 3.51. The quantitative estimate of drug-likeness (QED) is 0.746. The Kier molecular flexibility index (Phi) is 3.12. The Morgan fingerprint density at radius 2 is 2.15 bits per heavy atom. The van der Waals surface area contributed by atoms with Crippen molar-refractivity contribution in [3.8, 4) is 0 Å². The zero-order valence-corrected chi connectivity index (χ0v) is 8.08. The van der Waals surface area contributed by atoms with Crippen LogP contribution in [0.15, 0.2) is 16.5 Å². The number of furan rings is 1. The molecule has 1 aromatic rings. The van der Waals surface area contributed by atoms with Gasteiger partial charge < -0.3 is 14.6 Å². The van der Waals surface area contributed by atoms with E-state index < -0.39 is 5.60 Å². The topological polar surface area (TPSA) is 53.6 Å². The molecule has 0 aliphatic carbocycles. The lowest BCUT2D eigenvalue weighted by Crippen LogP contribution is -2.20. The van der Waals surface area contributed by atoms with Crippen LogP contribution in [0.1, 0.15) is 31.3 Å². The predicted octanol–water partition coefficient (Wildman–Crippen LogP) is 1.57. The molecule has 3 heteroatoms. The van der Waals surface area contributed by atoms with Crippen molar-refractivity contribution in [2.45, 2.75) is 32.3 Å². The minimum atomic E-state index is -0.961. The first-order valence-electron chi connectivity index (χ1n) is 4.46. The largest absolute Gasteiger partial charge is 0.463 e. The molecule has 0 spiro atoms. The molecular formula is C10H16O3. The Balaban J connectivity index is 2.68. The second-order valence-electron chi connectivity index (χ2n) is 3.51. The van der Waals surface area contributed by atoms with Gasteiger partial charge in [0.2, 0.25) is 0 Å². The number of rotatable bonds is 4. The van der Waals surface area contributed by atoms with Gasteiger partial charge in [0, 0.05) is 6.61 Å². The zero-order valence-electron chi connectivity index (χ0n) is 8.08. The van der Waals surface area contributed by atoms with Crippen molar-refractivity contribution in [1.29, 1.82) is 0 Å². The molecule has 0 fully saturated rings. The molecule has 0 aliphatic rings. The predicted molar refractivity (Wildman–Crippen MR) is 49.3 cm³/mol. The summed E-state index contributed by atoms with van der Waals surface area (Å²) in [4.78, 5) is 0. The average molecular weight is 184 g/mol. The Morgan fingerprint density at radius 3 is 2.62 bits per heavy atom. The van der Waals surface area contributed by atoms with Crippen LogP contribution >= 0.6 is 0 Å². The van der Waals surface area contributed by atoms with Gasteiger partial charge in [0.15, 0.2) is 0 Å². The van der Waals surface area contributed by atoms with E-state index in [9.17, 15) is 5.11 Å². The second kappa shape index (κ2) is 3.94. The molecule has 1 heterocycles. The van der Waals surface area contributed by atoms with Crippen LogP contribution < -0.4 is 0 Å². The molecule has 1 atom stereocenters. The molecule has 3 nitrogen and oxygen atoms in total. The summed E-state index contributed by atoms with van der Waals surface area (Å²) in [5, 5.41) is 18.6. The summed E-state index contributed by atoms with van der Waals surface area (Å²) in [6.45, 7) is 3.63. The van der Waals surface area contributed by atoms with Gasteiger partial charge in [0.25, 0.3) is 0 Å². The number of aliphatic hydroxyl groups excluding tert-OH is 1. The van der Waals surface area contributed by atoms with Gasteiger partial charge in [-0.2, -0.15) is 0 Å². The smallest absolute Gasteiger partial charge is 0.135 e. The van der Waals surface area contributed by atoms with E-state index in [-0.39, 0.29) is 6.61 Å². The molecule has 0 saturated heterocycles. The fraction of sp³-hybridized carbons (Fsp3) is 0.600. The van der Waals surface area contributed by atoms with Crippen LogP contribution in [0.25, 0.3) is 0 Å². The third-order valence-corrected chi connectivity index (χ3v) is 2.09. The molecule has 74 valence electrons. The normalized spacial score (nSPS) is 15.7. The van der Waals surface area contributed by atoms with Crippen LogP contribution in [0.2, 0.25) is 0 Å². The molecule has 0 radical (unpaired) electrons. The van der Waals surface area contributed by atoms with Crippen molar-refractivity contribution in [1.82, 2.24) is 0 Å². The zero-order chi connectivity index (χ0) is 9.90. The fourth-order valence-corrected chi connectivity index (χ4v) is 1.27. The van der Waals surface area contributed by atoms with E-state index in [1.54, 1.807) is 13.0 Å². The lowest BCUT2D eigenvalue weighted by molar-refractivity contribution is 0.0184. The minimum absolute atomic E-state index is 0.0931. The van der Waals surface area contributed by atoms with Crippen molar-refractivity contribution in [2.24, 2.45) is 0 Å². The summed E-state index contributed by atoms with van der Waals surface area (Å²) in [5.41, 5.74) is -0.961. The summed E-state index contributed by atoms with van der Waals surface area (Å²) in [5.74, 6) is 1.36. The highest BCUT2D eigenvalue weighted by molar-refractivity contribution is 5.12. The van der Waals surface area contributed by atoms with E-state index in [0.29, 0.717) is 18.6 Å². The first kappa shape index (κ1) is 10.3. The maximum atomic E-state index is 9.93. The molecule has 2 N–H and O–H groups in total. The third-order valence-electron chi connectivity index (χ3n) is 2.09. The Labute approximate surface area is 78.0 Å². The molecule has 1 rings (SSSR count). The van der Waals surface area contributed by atoms with E-state index in [1.807, 2.05) is 13.0 Å². The monoisotopic (exact) mass is 184 g/mol. The standard InChI is InChI=1S/C10H16O3/c1-8-4-5-9(13-8)10(2,12)6-3-7-11/h4-5,11-12H,3,6-7H2,1-2H3/t10-/m1/s1. The van der Waals surface area contributed by atoms with Gasteiger partial charge in [-0.15, -0.1) is 0 Å². The molecule has 0 saturated carbocycles. The van der Waals surface area contributed by atoms with Gasteiger partial charge in [0.05, 0.1) is 0 Å². The maximum Gasteiger partial charge on any atom is 0.135 e. The van der Waals surface area contributed by atoms with E-state index in [0.717, 1.165) is 5.76 Å². The summed E-state index contributed by atoms with van der Waals surface area (Å²) >= 11 is 0. The molecular weight excluding hydrogens is 168 g/mol. The van der Waals surface area contributed by atoms with Gasteiger partial charge in [-0.3, -0.25) is 0 Å². The Hall–Kier alpha value is -0.800. The van der Waals surface area contributed by atoms with E-state index in [2.05, 4.69) is 0 Å². The first-order valence-corrected chi connectivity index (χ1v) is 4.46. The number of hydrogen-bond acceptors (Lipinski definition) is 3. The van der Waals surface area contributed by atoms with Crippen molar-refractivity contribution in [2.75, 3.05) is 6.61 Å². The highest BCUT2D eigenvalue weighted by atomic mass is 16.4. The lowest BCUT2D eigenvalue weighted by Gasteiger charge is -2.19. The lowest BCUT2D eigenvalue weighted by atomic mass is 9.97. The van der Waals surface area contributed by atoms with Crippen LogP contribution in [0.4, 0.5) is 0 Å². The first-order chi connectivity index (χ1) is 6.06. The number of aliphatic hydroxyl groups is 2. The van der Waals surface area contributed by atoms with Crippen LogP contribution in [0.5, 0.6) is 0 Å². The summed E-state index contributed by atoms with van der Waals surface area (Å²) < 4.78 is 5.31. The highest BCUT2D eigenvalue weighted by Crippen LogP contribution is 2.27. The highest BCUT2D eigenvalue weighted by Gasteiger charge is 2.25. The summed E-state index contributed by atoms with van der Waals surface area (Å²) in [7, 11) is 0. The molecule has 0 aliphatic heterocycles. The third kappa shape index (κ3) is 2.57. The van der Waals surface area contributed by atoms with Crippen LogP contribution in [-0.4, -0.2) is 16.8 Å². The van der Waals surface area contributed by atoms with Crippen LogP contribution in [-0.2, 0) is 5.60 Å². The average Bonchev–Trinajstić information content (AvgIpc) is 2.49. The minimum Gasteiger partial charge on any atom is -0.463 e. The molecule has 0 amide bonds. The van der Waals surface area contributed by atoms with Gasteiger partial charge in [-0.1, -0.05) is 0 Å². The molecule has 13 heavy (non-hydrogen) atoms.